The highest BCUT2D eigenvalue weighted by Gasteiger charge is 2.35. The molecule has 0 bridgehead atoms. The van der Waals surface area contributed by atoms with Crippen LogP contribution >= 0.6 is 0 Å². The van der Waals surface area contributed by atoms with E-state index in [1.54, 1.807) is 0 Å². The molecule has 2 aromatic heterocycles. The van der Waals surface area contributed by atoms with E-state index in [-0.39, 0.29) is 22.4 Å². The van der Waals surface area contributed by atoms with E-state index >= 15 is 0 Å². The molecule has 4 rings (SSSR count). The van der Waals surface area contributed by atoms with Crippen molar-refractivity contribution in [3.8, 4) is 23.0 Å². The number of carbonyl (C=O) groups excluding carboxylic acids is 1. The molecule has 0 fully saturated rings. The molecule has 0 saturated carbocycles. The molecular formula is C24H13F6N3O. The second-order valence-electron chi connectivity index (χ2n) is 7.24. The number of nitrogens with two attached hydrogens (primary N) is 1. The number of primary amides is 1. The number of carbonyl (C=O) groups is 1. The van der Waals surface area contributed by atoms with E-state index in [9.17, 15) is 31.1 Å². The topological polar surface area (TPSA) is 60.4 Å². The van der Waals surface area contributed by atoms with Gasteiger partial charge in [0.15, 0.2) is 0 Å². The number of hydrogen-bond donors (Lipinski definition) is 1. The summed E-state index contributed by atoms with van der Waals surface area (Å²) in [6.45, 7) is 0. The summed E-state index contributed by atoms with van der Waals surface area (Å²) in [6.07, 6.45) is -6.82. The molecule has 1 amide bonds. The molecule has 172 valence electrons. The number of amides is 1. The largest absolute Gasteiger partial charge is 0.420 e. The predicted octanol–water partition coefficient (Wildman–Crippen LogP) is 5.54. The van der Waals surface area contributed by atoms with Crippen LogP contribution in [0.4, 0.5) is 26.3 Å². The Morgan fingerprint density at radius 1 is 0.853 bits per heavy atom. The molecule has 0 aliphatic heterocycles. The van der Waals surface area contributed by atoms with Crippen LogP contribution in [-0.4, -0.2) is 15.3 Å². The number of benzene rings is 2. The summed E-state index contributed by atoms with van der Waals surface area (Å²) >= 11 is 0. The van der Waals surface area contributed by atoms with Crippen LogP contribution in [0, 0.1) is 11.8 Å². The number of alkyl halides is 6. The third kappa shape index (κ3) is 4.59. The van der Waals surface area contributed by atoms with Crippen LogP contribution in [0.2, 0.25) is 0 Å². The van der Waals surface area contributed by atoms with E-state index in [2.05, 4.69) is 16.8 Å². The molecule has 34 heavy (non-hydrogen) atoms. The van der Waals surface area contributed by atoms with Gasteiger partial charge in [0.1, 0.15) is 11.3 Å². The molecule has 0 radical (unpaired) electrons. The number of imidazole rings is 1. The van der Waals surface area contributed by atoms with Crippen molar-refractivity contribution in [2.24, 2.45) is 5.73 Å². The Hall–Kier alpha value is -4.26. The van der Waals surface area contributed by atoms with Gasteiger partial charge in [-0.1, -0.05) is 18.1 Å². The van der Waals surface area contributed by atoms with Gasteiger partial charge in [0.05, 0.1) is 17.3 Å². The van der Waals surface area contributed by atoms with Gasteiger partial charge < -0.3 is 5.73 Å². The molecule has 0 unspecified atom stereocenters. The number of hydrogen-bond acceptors (Lipinski definition) is 2. The maximum Gasteiger partial charge on any atom is 0.420 e. The first-order valence-corrected chi connectivity index (χ1v) is 9.61. The van der Waals surface area contributed by atoms with Crippen molar-refractivity contribution in [3.63, 3.8) is 0 Å². The van der Waals surface area contributed by atoms with Gasteiger partial charge in [0.2, 0.25) is 5.91 Å². The lowest BCUT2D eigenvalue weighted by molar-refractivity contribution is -0.138. The molecule has 0 aliphatic carbocycles. The van der Waals surface area contributed by atoms with Crippen molar-refractivity contribution in [1.29, 1.82) is 0 Å². The first-order valence-electron chi connectivity index (χ1n) is 9.61. The summed E-state index contributed by atoms with van der Waals surface area (Å²) in [5.41, 5.74) is 3.92. The highest BCUT2D eigenvalue weighted by atomic mass is 19.4. The number of rotatable bonds is 2. The Morgan fingerprint density at radius 2 is 1.50 bits per heavy atom. The van der Waals surface area contributed by atoms with Gasteiger partial charge >= 0.3 is 12.4 Å². The average molecular weight is 473 g/mol. The molecule has 0 atom stereocenters. The molecule has 2 heterocycles. The van der Waals surface area contributed by atoms with Crippen molar-refractivity contribution in [1.82, 2.24) is 9.38 Å². The smallest absolute Gasteiger partial charge is 0.366 e. The predicted molar refractivity (Wildman–Crippen MR) is 112 cm³/mol. The zero-order valence-corrected chi connectivity index (χ0v) is 17.0. The van der Waals surface area contributed by atoms with Crippen LogP contribution < -0.4 is 5.73 Å². The van der Waals surface area contributed by atoms with E-state index in [0.29, 0.717) is 5.56 Å². The van der Waals surface area contributed by atoms with E-state index < -0.39 is 35.0 Å². The van der Waals surface area contributed by atoms with Gasteiger partial charge in [-0.15, -0.1) is 0 Å². The Balaban J connectivity index is 1.81. The zero-order valence-electron chi connectivity index (χ0n) is 17.0. The van der Waals surface area contributed by atoms with Gasteiger partial charge in [-0.25, -0.2) is 4.98 Å². The number of aromatic nitrogens is 2. The number of pyridine rings is 1. The molecule has 0 spiro atoms. The van der Waals surface area contributed by atoms with Gasteiger partial charge in [-0.05, 0) is 59.5 Å². The Morgan fingerprint density at radius 3 is 2.06 bits per heavy atom. The zero-order chi connectivity index (χ0) is 24.7. The molecule has 4 aromatic rings. The lowest BCUT2D eigenvalue weighted by atomic mass is 10.0. The fourth-order valence-corrected chi connectivity index (χ4v) is 3.25. The summed E-state index contributed by atoms with van der Waals surface area (Å²) < 4.78 is 80.8. The van der Waals surface area contributed by atoms with Crippen molar-refractivity contribution in [3.05, 3.63) is 94.9 Å². The average Bonchev–Trinajstić information content (AvgIpc) is 3.19. The molecular weight excluding hydrogens is 460 g/mol. The van der Waals surface area contributed by atoms with Crippen molar-refractivity contribution < 1.29 is 31.1 Å². The first-order chi connectivity index (χ1) is 15.9. The maximum absolute atomic E-state index is 13.7. The monoisotopic (exact) mass is 473 g/mol. The van der Waals surface area contributed by atoms with E-state index in [4.69, 9.17) is 5.73 Å². The molecule has 2 aromatic carbocycles. The number of fused-ring (bicyclic) bond motifs is 1. The van der Waals surface area contributed by atoms with Crippen LogP contribution in [0.5, 0.6) is 0 Å². The van der Waals surface area contributed by atoms with E-state index in [1.807, 2.05) is 0 Å². The van der Waals surface area contributed by atoms with Gasteiger partial charge in [-0.3, -0.25) is 9.20 Å². The molecule has 0 saturated heterocycles. The Bertz CT molecular complexity index is 1440. The number of nitrogens with zero attached hydrogens (tertiary/aromatic N) is 2. The highest BCUT2D eigenvalue weighted by Crippen LogP contribution is 2.36. The fraction of sp³-hybridized carbons (Fsp3) is 0.0833. The molecule has 10 heteroatoms. The molecule has 4 nitrogen and oxygen atoms in total. The molecule has 0 aliphatic rings. The van der Waals surface area contributed by atoms with Gasteiger partial charge in [0, 0.05) is 17.3 Å². The lowest BCUT2D eigenvalue weighted by Crippen LogP contribution is -2.10. The normalized spacial score (nSPS) is 11.8. The van der Waals surface area contributed by atoms with Crippen molar-refractivity contribution in [2.75, 3.05) is 0 Å². The second kappa shape index (κ2) is 8.26. The standard InChI is InChI=1S/C24H13F6N3O/c25-23(26,27)18-8-6-15(7-9-18)17-11-20(24(28,29)30)22-32-12-19(33(22)13-17)10-3-14-1-4-16(5-2-14)21(31)34/h1-2,4-9,11-13H,(H2,31,34). The van der Waals surface area contributed by atoms with E-state index in [0.717, 1.165) is 34.7 Å². The summed E-state index contributed by atoms with van der Waals surface area (Å²) in [7, 11) is 0. The van der Waals surface area contributed by atoms with Gasteiger partial charge in [-0.2, -0.15) is 26.3 Å². The van der Waals surface area contributed by atoms with Crippen LogP contribution in [-0.2, 0) is 12.4 Å². The maximum atomic E-state index is 13.7. The quantitative estimate of drug-likeness (QED) is 0.307. The minimum atomic E-state index is -4.76. The Labute approximate surface area is 188 Å². The van der Waals surface area contributed by atoms with E-state index in [1.165, 1.54) is 36.7 Å². The third-order valence-corrected chi connectivity index (χ3v) is 4.96. The second-order valence-corrected chi connectivity index (χ2v) is 7.24. The molecule has 2 N–H and O–H groups in total. The van der Waals surface area contributed by atoms with Crippen LogP contribution in [0.1, 0.15) is 32.7 Å². The summed E-state index contributed by atoms with van der Waals surface area (Å²) in [6, 6.07) is 10.6. The third-order valence-electron chi connectivity index (χ3n) is 4.96. The minimum Gasteiger partial charge on any atom is -0.366 e. The van der Waals surface area contributed by atoms with Crippen LogP contribution in [0.3, 0.4) is 0 Å². The lowest BCUT2D eigenvalue weighted by Gasteiger charge is -2.12. The number of halogens is 6. The van der Waals surface area contributed by atoms with Crippen molar-refractivity contribution >= 4 is 11.6 Å². The summed E-state index contributed by atoms with van der Waals surface area (Å²) in [4.78, 5) is 15.0. The van der Waals surface area contributed by atoms with Gasteiger partial charge in [0.25, 0.3) is 0 Å². The summed E-state index contributed by atoms with van der Waals surface area (Å²) in [5, 5.41) is 0. The first kappa shape index (κ1) is 22.9. The minimum absolute atomic E-state index is 0.0420. The SMILES string of the molecule is NC(=O)c1ccc(C#Cc2cnc3c(C(F)(F)F)cc(-c4ccc(C(F)(F)F)cc4)cn23)cc1. The fourth-order valence-electron chi connectivity index (χ4n) is 3.25. The van der Waals surface area contributed by atoms with Crippen LogP contribution in [0.25, 0.3) is 16.8 Å². The van der Waals surface area contributed by atoms with Crippen LogP contribution in [0.15, 0.2) is 67.0 Å². The van der Waals surface area contributed by atoms with Crippen molar-refractivity contribution in [2.45, 2.75) is 12.4 Å². The highest BCUT2D eigenvalue weighted by molar-refractivity contribution is 5.92. The Kier molecular flexibility index (Phi) is 5.57. The summed E-state index contributed by atoms with van der Waals surface area (Å²) in [5.74, 6) is 4.90.